The summed E-state index contributed by atoms with van der Waals surface area (Å²) >= 11 is 1.53. The predicted molar refractivity (Wildman–Crippen MR) is 134 cm³/mol. The summed E-state index contributed by atoms with van der Waals surface area (Å²) in [7, 11) is 0. The molecule has 4 nitrogen and oxygen atoms in total. The monoisotopic (exact) mass is 451 g/mol. The molecule has 0 unspecified atom stereocenters. The van der Waals surface area contributed by atoms with Crippen LogP contribution in [0, 0.1) is 0 Å². The van der Waals surface area contributed by atoms with Crippen LogP contribution in [0.25, 0.3) is 12.2 Å². The summed E-state index contributed by atoms with van der Waals surface area (Å²) in [6, 6.07) is 26.8. The molecule has 5 heteroatoms. The van der Waals surface area contributed by atoms with Crippen LogP contribution in [0.3, 0.4) is 0 Å². The van der Waals surface area contributed by atoms with Crippen LogP contribution in [0.2, 0.25) is 0 Å². The lowest BCUT2D eigenvalue weighted by atomic mass is 10.1. The Labute approximate surface area is 196 Å². The number of benzene rings is 3. The second-order valence-corrected chi connectivity index (χ2v) is 9.03. The van der Waals surface area contributed by atoms with Crippen LogP contribution in [0.4, 0.5) is 0 Å². The van der Waals surface area contributed by atoms with Gasteiger partial charge in [-0.25, -0.2) is 0 Å². The lowest BCUT2D eigenvalue weighted by Gasteiger charge is -2.06. The van der Waals surface area contributed by atoms with Gasteiger partial charge in [0.1, 0.15) is 0 Å². The fourth-order valence-electron chi connectivity index (χ4n) is 3.93. The maximum absolute atomic E-state index is 11.1. The molecule has 0 atom stereocenters. The van der Waals surface area contributed by atoms with Crippen LogP contribution in [-0.4, -0.2) is 9.67 Å². The Balaban J connectivity index is 1.47. The van der Waals surface area contributed by atoms with E-state index in [1.165, 1.54) is 16.9 Å². The zero-order valence-electron chi connectivity index (χ0n) is 18.3. The summed E-state index contributed by atoms with van der Waals surface area (Å²) in [5.74, 6) is 0.278. The number of hydrogen-bond donors (Lipinski definition) is 1. The highest BCUT2D eigenvalue weighted by Gasteiger charge is 2.11. The van der Waals surface area contributed by atoms with E-state index in [2.05, 4.69) is 47.5 Å². The molecular formula is C28H25N3OS. The van der Waals surface area contributed by atoms with Crippen LogP contribution in [0.1, 0.15) is 28.0 Å². The maximum Gasteiger partial charge on any atom is 0.211 e. The molecule has 1 aliphatic heterocycles. The molecule has 4 aromatic rings. The van der Waals surface area contributed by atoms with Gasteiger partial charge in [0.25, 0.3) is 0 Å². The van der Waals surface area contributed by atoms with Crippen molar-refractivity contribution >= 4 is 23.5 Å². The zero-order chi connectivity index (χ0) is 22.5. The third-order valence-electron chi connectivity index (χ3n) is 5.65. The molecule has 5 rings (SSSR count). The van der Waals surface area contributed by atoms with E-state index in [4.69, 9.17) is 4.99 Å². The molecule has 1 aromatic heterocycles. The fraction of sp³-hybridized carbons (Fsp3) is 0.143. The minimum Gasteiger partial charge on any atom is -0.493 e. The molecule has 1 aliphatic rings. The normalized spacial score (nSPS) is 13.3. The number of rotatable bonds is 7. The summed E-state index contributed by atoms with van der Waals surface area (Å²) < 4.78 is 1.95. The van der Waals surface area contributed by atoms with Gasteiger partial charge in [0.05, 0.1) is 16.8 Å². The van der Waals surface area contributed by atoms with Gasteiger partial charge in [-0.1, -0.05) is 78.1 Å². The standard InChI is InChI=1S/C28H25N3OS/c32-27-26(19-23-13-14-25-24(18-23)15-16-29-25)33-28(30-20-22-10-5-2-6-11-22)31(27)17-7-12-21-8-3-1-4-9-21/h1-6,8-11,13-16,18-19,32H,7,12,17,20H2/b23-19+,30-28?. The van der Waals surface area contributed by atoms with Gasteiger partial charge in [0.15, 0.2) is 4.80 Å². The Morgan fingerprint density at radius 3 is 2.48 bits per heavy atom. The highest BCUT2D eigenvalue weighted by molar-refractivity contribution is 7.10. The molecule has 33 heavy (non-hydrogen) atoms. The molecule has 0 fully saturated rings. The van der Waals surface area contributed by atoms with Crippen molar-refractivity contribution in [1.29, 1.82) is 0 Å². The van der Waals surface area contributed by atoms with Gasteiger partial charge in [-0.2, -0.15) is 0 Å². The second kappa shape index (κ2) is 9.84. The van der Waals surface area contributed by atoms with Crippen LogP contribution in [0.15, 0.2) is 95.0 Å². The van der Waals surface area contributed by atoms with E-state index in [1.807, 2.05) is 59.3 Å². The lowest BCUT2D eigenvalue weighted by molar-refractivity contribution is 0.406. The summed E-state index contributed by atoms with van der Waals surface area (Å²) in [6.07, 6.45) is 7.74. The average molecular weight is 452 g/mol. The van der Waals surface area contributed by atoms with Crippen molar-refractivity contribution in [1.82, 2.24) is 4.57 Å². The SMILES string of the molecule is Oc1c(/C=c2\ccc3c(c2)C=CN=3)sc(=NCc2ccccc2)n1CCCc1ccccc1. The molecule has 0 aliphatic carbocycles. The third-order valence-corrected chi connectivity index (χ3v) is 6.71. The van der Waals surface area contributed by atoms with Crippen LogP contribution in [-0.2, 0) is 19.5 Å². The number of aromatic nitrogens is 1. The van der Waals surface area contributed by atoms with Gasteiger partial charge in [-0.15, -0.1) is 0 Å². The maximum atomic E-state index is 11.1. The van der Waals surface area contributed by atoms with Crippen molar-refractivity contribution in [3.63, 3.8) is 0 Å². The third kappa shape index (κ3) is 5.04. The number of aryl methyl sites for hydroxylation is 1. The van der Waals surface area contributed by atoms with Gasteiger partial charge in [-0.05, 0) is 53.5 Å². The van der Waals surface area contributed by atoms with E-state index in [0.717, 1.165) is 44.2 Å². The van der Waals surface area contributed by atoms with Crippen molar-refractivity contribution < 1.29 is 5.11 Å². The van der Waals surface area contributed by atoms with E-state index in [1.54, 1.807) is 0 Å². The molecule has 0 radical (unpaired) electrons. The smallest absolute Gasteiger partial charge is 0.211 e. The Bertz CT molecular complexity index is 1470. The first-order chi connectivity index (χ1) is 16.3. The molecule has 0 spiro atoms. The van der Waals surface area contributed by atoms with E-state index >= 15 is 0 Å². The number of fused-ring (bicyclic) bond motifs is 1. The van der Waals surface area contributed by atoms with Gasteiger partial charge < -0.3 is 5.11 Å². The summed E-state index contributed by atoms with van der Waals surface area (Å²) in [5, 5.41) is 13.1. The average Bonchev–Trinajstić information content (AvgIpc) is 3.44. The van der Waals surface area contributed by atoms with Gasteiger partial charge in [0, 0.05) is 18.3 Å². The second-order valence-electron chi connectivity index (χ2n) is 8.02. The largest absolute Gasteiger partial charge is 0.493 e. The molecular weight excluding hydrogens is 426 g/mol. The summed E-state index contributed by atoms with van der Waals surface area (Å²) in [6.45, 7) is 1.30. The number of thiazole rings is 1. The Morgan fingerprint density at radius 2 is 1.70 bits per heavy atom. The highest BCUT2D eigenvalue weighted by atomic mass is 32.1. The first-order valence-corrected chi connectivity index (χ1v) is 11.9. The quantitative estimate of drug-likeness (QED) is 0.444. The van der Waals surface area contributed by atoms with E-state index < -0.39 is 0 Å². The number of nitrogens with zero attached hydrogens (tertiary/aromatic N) is 3. The minimum atomic E-state index is 0.278. The van der Waals surface area contributed by atoms with Crippen molar-refractivity contribution in [2.75, 3.05) is 0 Å². The molecule has 0 saturated heterocycles. The van der Waals surface area contributed by atoms with Gasteiger partial charge in [0.2, 0.25) is 5.88 Å². The first-order valence-electron chi connectivity index (χ1n) is 11.1. The molecule has 164 valence electrons. The predicted octanol–water partition coefficient (Wildman–Crippen LogP) is 4.42. The summed E-state index contributed by atoms with van der Waals surface area (Å²) in [4.78, 5) is 10.9. The molecule has 0 amide bonds. The Kier molecular flexibility index (Phi) is 6.31. The first kappa shape index (κ1) is 21.2. The van der Waals surface area contributed by atoms with Crippen LogP contribution in [0.5, 0.6) is 5.88 Å². The molecule has 0 bridgehead atoms. The van der Waals surface area contributed by atoms with Crippen molar-refractivity contribution in [3.8, 4) is 5.88 Å². The summed E-state index contributed by atoms with van der Waals surface area (Å²) in [5.41, 5.74) is 3.56. The lowest BCUT2D eigenvalue weighted by Crippen LogP contribution is -2.15. The van der Waals surface area contributed by atoms with Crippen molar-refractivity contribution in [3.05, 3.63) is 122 Å². The van der Waals surface area contributed by atoms with E-state index in [9.17, 15) is 5.11 Å². The molecule has 2 heterocycles. The van der Waals surface area contributed by atoms with E-state index in [0.29, 0.717) is 13.1 Å². The highest BCUT2D eigenvalue weighted by Crippen LogP contribution is 2.22. The van der Waals surface area contributed by atoms with Crippen LogP contribution >= 0.6 is 11.3 Å². The topological polar surface area (TPSA) is 49.9 Å². The van der Waals surface area contributed by atoms with Crippen molar-refractivity contribution in [2.45, 2.75) is 25.9 Å². The zero-order valence-corrected chi connectivity index (χ0v) is 19.1. The van der Waals surface area contributed by atoms with Crippen molar-refractivity contribution in [2.24, 2.45) is 9.98 Å². The van der Waals surface area contributed by atoms with Gasteiger partial charge >= 0.3 is 0 Å². The fourth-order valence-corrected chi connectivity index (χ4v) is 4.94. The van der Waals surface area contributed by atoms with E-state index in [-0.39, 0.29) is 5.88 Å². The van der Waals surface area contributed by atoms with Crippen LogP contribution < -0.4 is 15.4 Å². The molecule has 3 aromatic carbocycles. The Morgan fingerprint density at radius 1 is 0.939 bits per heavy atom. The molecule has 0 saturated carbocycles. The number of hydrogen-bond acceptors (Lipinski definition) is 4. The van der Waals surface area contributed by atoms with Gasteiger partial charge in [-0.3, -0.25) is 14.6 Å². The Hall–Kier alpha value is -3.70. The number of aromatic hydroxyl groups is 1. The molecule has 1 N–H and O–H groups in total. The minimum absolute atomic E-state index is 0.278.